The van der Waals surface area contributed by atoms with E-state index < -0.39 is 9.84 Å². The van der Waals surface area contributed by atoms with Crippen LogP contribution in [0.2, 0.25) is 0 Å². The van der Waals surface area contributed by atoms with E-state index in [-0.39, 0.29) is 11.5 Å². The first-order valence-corrected chi connectivity index (χ1v) is 8.68. The van der Waals surface area contributed by atoms with Crippen LogP contribution in [0.25, 0.3) is 0 Å². The average Bonchev–Trinajstić information content (AvgIpc) is 2.36. The summed E-state index contributed by atoms with van der Waals surface area (Å²) in [6.45, 7) is 3.38. The highest BCUT2D eigenvalue weighted by Gasteiger charge is 2.19. The number of nitrogen functional groups attached to an aromatic ring is 1. The molecule has 1 heterocycles. The van der Waals surface area contributed by atoms with Crippen LogP contribution in [-0.4, -0.2) is 33.0 Å². The Morgan fingerprint density at radius 2 is 2.11 bits per heavy atom. The Kier molecular flexibility index (Phi) is 4.34. The molecular weight excluding hydrogens is 260 g/mol. The lowest BCUT2D eigenvalue weighted by atomic mass is 10.0. The van der Waals surface area contributed by atoms with Crippen molar-refractivity contribution >= 4 is 21.2 Å². The highest BCUT2D eigenvalue weighted by atomic mass is 32.2. The van der Waals surface area contributed by atoms with Crippen molar-refractivity contribution < 1.29 is 8.42 Å². The maximum atomic E-state index is 11.8. The summed E-state index contributed by atoms with van der Waals surface area (Å²) in [5.41, 5.74) is 8.95. The number of rotatable bonds is 5. The minimum Gasteiger partial charge on any atom is -0.399 e. The van der Waals surface area contributed by atoms with Crippen molar-refractivity contribution in [2.75, 3.05) is 35.2 Å². The van der Waals surface area contributed by atoms with E-state index in [1.54, 1.807) is 0 Å². The Morgan fingerprint density at radius 1 is 1.32 bits per heavy atom. The molecule has 2 rings (SSSR count). The summed E-state index contributed by atoms with van der Waals surface area (Å²) in [4.78, 5) is 2.16. The van der Waals surface area contributed by atoms with E-state index >= 15 is 0 Å². The molecule has 0 atom stereocenters. The molecule has 1 aliphatic rings. The van der Waals surface area contributed by atoms with Gasteiger partial charge in [0.2, 0.25) is 0 Å². The van der Waals surface area contributed by atoms with Crippen LogP contribution in [0.4, 0.5) is 11.4 Å². The number of sulfone groups is 1. The van der Waals surface area contributed by atoms with Gasteiger partial charge in [0.1, 0.15) is 0 Å². The fourth-order valence-corrected chi connectivity index (χ4v) is 3.89. The average molecular weight is 282 g/mol. The van der Waals surface area contributed by atoms with Gasteiger partial charge in [0.25, 0.3) is 0 Å². The Hall–Kier alpha value is -1.23. The van der Waals surface area contributed by atoms with Crippen LogP contribution in [-0.2, 0) is 16.3 Å². The molecule has 0 amide bonds. The normalized spacial score (nSPS) is 15.3. The SMILES string of the molecule is CCCS(=O)(=O)CCN1CCCc2ccc(N)cc21. The quantitative estimate of drug-likeness (QED) is 0.837. The van der Waals surface area contributed by atoms with Crippen LogP contribution >= 0.6 is 0 Å². The van der Waals surface area contributed by atoms with Crippen LogP contribution in [0.3, 0.4) is 0 Å². The van der Waals surface area contributed by atoms with Crippen LogP contribution in [0.15, 0.2) is 18.2 Å². The zero-order valence-corrected chi connectivity index (χ0v) is 12.2. The van der Waals surface area contributed by atoms with E-state index in [2.05, 4.69) is 11.0 Å². The standard InChI is InChI=1S/C14H22N2O2S/c1-2-9-19(17,18)10-8-16-7-3-4-12-5-6-13(15)11-14(12)16/h5-6,11H,2-4,7-10,15H2,1H3. The van der Waals surface area contributed by atoms with Gasteiger partial charge in [-0.05, 0) is 37.0 Å². The van der Waals surface area contributed by atoms with E-state index in [1.807, 2.05) is 19.1 Å². The minimum atomic E-state index is -2.92. The molecule has 4 nitrogen and oxygen atoms in total. The fourth-order valence-electron chi connectivity index (χ4n) is 2.56. The summed E-state index contributed by atoms with van der Waals surface area (Å²) >= 11 is 0. The third-order valence-electron chi connectivity index (χ3n) is 3.51. The molecule has 0 unspecified atom stereocenters. The number of aryl methyl sites for hydroxylation is 1. The molecule has 106 valence electrons. The molecule has 0 radical (unpaired) electrons. The highest BCUT2D eigenvalue weighted by Crippen LogP contribution is 2.28. The van der Waals surface area contributed by atoms with Gasteiger partial charge in [-0.3, -0.25) is 0 Å². The maximum absolute atomic E-state index is 11.8. The second kappa shape index (κ2) is 5.82. The first-order valence-electron chi connectivity index (χ1n) is 6.85. The molecule has 0 spiro atoms. The van der Waals surface area contributed by atoms with Gasteiger partial charge in [-0.25, -0.2) is 8.42 Å². The van der Waals surface area contributed by atoms with Crippen molar-refractivity contribution in [3.8, 4) is 0 Å². The van der Waals surface area contributed by atoms with Crippen LogP contribution < -0.4 is 10.6 Å². The molecule has 0 aromatic heterocycles. The Bertz CT molecular complexity index is 540. The smallest absolute Gasteiger partial charge is 0.152 e. The van der Waals surface area contributed by atoms with Crippen molar-refractivity contribution in [1.82, 2.24) is 0 Å². The first kappa shape index (κ1) is 14.2. The Morgan fingerprint density at radius 3 is 2.84 bits per heavy atom. The van der Waals surface area contributed by atoms with Crippen molar-refractivity contribution in [2.45, 2.75) is 26.2 Å². The summed E-state index contributed by atoms with van der Waals surface area (Å²) in [7, 11) is -2.92. The summed E-state index contributed by atoms with van der Waals surface area (Å²) in [5, 5.41) is 0. The predicted molar refractivity (Wildman–Crippen MR) is 80.3 cm³/mol. The lowest BCUT2D eigenvalue weighted by Crippen LogP contribution is -2.34. The second-order valence-electron chi connectivity index (χ2n) is 5.13. The van der Waals surface area contributed by atoms with Crippen molar-refractivity contribution in [2.24, 2.45) is 0 Å². The van der Waals surface area contributed by atoms with Crippen molar-refractivity contribution in [1.29, 1.82) is 0 Å². The molecule has 19 heavy (non-hydrogen) atoms. The maximum Gasteiger partial charge on any atom is 0.152 e. The van der Waals surface area contributed by atoms with Crippen LogP contribution in [0.1, 0.15) is 25.3 Å². The predicted octanol–water partition coefficient (Wildman–Crippen LogP) is 1.85. The summed E-state index contributed by atoms with van der Waals surface area (Å²) < 4.78 is 23.6. The zero-order chi connectivity index (χ0) is 13.9. The third-order valence-corrected chi connectivity index (χ3v) is 5.35. The topological polar surface area (TPSA) is 63.4 Å². The van der Waals surface area contributed by atoms with Gasteiger partial charge in [-0.15, -0.1) is 0 Å². The number of anilines is 2. The Labute approximate surface area is 115 Å². The summed E-state index contributed by atoms with van der Waals surface area (Å²) in [5.74, 6) is 0.514. The van der Waals surface area contributed by atoms with E-state index in [0.29, 0.717) is 13.0 Å². The van der Waals surface area contributed by atoms with Gasteiger partial charge in [0.05, 0.1) is 5.75 Å². The summed E-state index contributed by atoms with van der Waals surface area (Å²) in [6.07, 6.45) is 2.81. The monoisotopic (exact) mass is 282 g/mol. The van der Waals surface area contributed by atoms with Crippen molar-refractivity contribution in [3.05, 3.63) is 23.8 Å². The van der Waals surface area contributed by atoms with Gasteiger partial charge in [-0.1, -0.05) is 13.0 Å². The van der Waals surface area contributed by atoms with E-state index in [0.717, 1.165) is 30.8 Å². The van der Waals surface area contributed by atoms with Crippen LogP contribution in [0.5, 0.6) is 0 Å². The summed E-state index contributed by atoms with van der Waals surface area (Å²) in [6, 6.07) is 5.93. The number of hydrogen-bond acceptors (Lipinski definition) is 4. The molecule has 0 saturated heterocycles. The van der Waals surface area contributed by atoms with E-state index in [9.17, 15) is 8.42 Å². The molecule has 2 N–H and O–H groups in total. The molecule has 5 heteroatoms. The third kappa shape index (κ3) is 3.62. The number of nitrogens with zero attached hydrogens (tertiary/aromatic N) is 1. The number of benzene rings is 1. The Balaban J connectivity index is 2.09. The highest BCUT2D eigenvalue weighted by molar-refractivity contribution is 7.91. The molecule has 1 aliphatic heterocycles. The van der Waals surface area contributed by atoms with Crippen LogP contribution in [0, 0.1) is 0 Å². The largest absolute Gasteiger partial charge is 0.399 e. The first-order chi connectivity index (χ1) is 9.02. The zero-order valence-electron chi connectivity index (χ0n) is 11.4. The van der Waals surface area contributed by atoms with Crippen molar-refractivity contribution in [3.63, 3.8) is 0 Å². The molecule has 0 aliphatic carbocycles. The molecule has 0 fully saturated rings. The van der Waals surface area contributed by atoms with Gasteiger partial charge in [0.15, 0.2) is 9.84 Å². The molecule has 1 aromatic carbocycles. The van der Waals surface area contributed by atoms with Gasteiger partial charge in [-0.2, -0.15) is 0 Å². The molecule has 0 saturated carbocycles. The molecule has 1 aromatic rings. The number of fused-ring (bicyclic) bond motifs is 1. The lowest BCUT2D eigenvalue weighted by Gasteiger charge is -2.31. The molecule has 0 bridgehead atoms. The van der Waals surface area contributed by atoms with Gasteiger partial charge < -0.3 is 10.6 Å². The lowest BCUT2D eigenvalue weighted by molar-refractivity contribution is 0.591. The van der Waals surface area contributed by atoms with Gasteiger partial charge in [0, 0.05) is 30.2 Å². The minimum absolute atomic E-state index is 0.231. The van der Waals surface area contributed by atoms with E-state index in [4.69, 9.17) is 5.73 Å². The van der Waals surface area contributed by atoms with Gasteiger partial charge >= 0.3 is 0 Å². The molecular formula is C14H22N2O2S. The fraction of sp³-hybridized carbons (Fsp3) is 0.571. The van der Waals surface area contributed by atoms with E-state index in [1.165, 1.54) is 5.56 Å². The number of nitrogens with two attached hydrogens (primary N) is 1. The number of hydrogen-bond donors (Lipinski definition) is 1. The second-order valence-corrected chi connectivity index (χ2v) is 7.43.